The van der Waals surface area contributed by atoms with Crippen molar-refractivity contribution >= 4 is 18.1 Å². The number of aryl methyl sites for hydroxylation is 1. The second kappa shape index (κ2) is 7.74. The van der Waals surface area contributed by atoms with Crippen LogP contribution in [0, 0.1) is 6.92 Å². The van der Waals surface area contributed by atoms with Crippen LogP contribution in [0.1, 0.15) is 27.0 Å². The highest BCUT2D eigenvalue weighted by Crippen LogP contribution is 2.04. The van der Waals surface area contributed by atoms with Gasteiger partial charge in [-0.2, -0.15) is 0 Å². The summed E-state index contributed by atoms with van der Waals surface area (Å²) in [5.41, 5.74) is 3.70. The summed E-state index contributed by atoms with van der Waals surface area (Å²) in [4.78, 5) is 10.4. The predicted molar refractivity (Wildman–Crippen MR) is 84.8 cm³/mol. The van der Waals surface area contributed by atoms with E-state index >= 15 is 0 Å². The van der Waals surface area contributed by atoms with Gasteiger partial charge in [0, 0.05) is 0 Å². The molecule has 20 heavy (non-hydrogen) atoms. The Morgan fingerprint density at radius 1 is 0.900 bits per heavy atom. The first kappa shape index (κ1) is 15.4. The van der Waals surface area contributed by atoms with Gasteiger partial charge in [0.15, 0.2) is 0 Å². The second-order valence-corrected chi connectivity index (χ2v) is 4.25. The molecule has 1 N–H and O–H groups in total. The zero-order chi connectivity index (χ0) is 15.0. The molecule has 2 heteroatoms. The molecule has 0 radical (unpaired) electrons. The Balaban J connectivity index is 0.000000204. The highest BCUT2D eigenvalue weighted by molar-refractivity contribution is 5.87. The van der Waals surface area contributed by atoms with E-state index in [4.69, 9.17) is 5.11 Å². The molecule has 0 amide bonds. The minimum atomic E-state index is -0.902. The fraction of sp³-hybridized carbons (Fsp3) is 0.0556. The van der Waals surface area contributed by atoms with Crippen LogP contribution in [-0.4, -0.2) is 11.1 Å². The third-order valence-corrected chi connectivity index (χ3v) is 2.71. The first-order valence-electron chi connectivity index (χ1n) is 6.21. The topological polar surface area (TPSA) is 37.3 Å². The first-order valence-corrected chi connectivity index (χ1v) is 6.21. The summed E-state index contributed by atoms with van der Waals surface area (Å²) in [7, 11) is 0. The lowest BCUT2D eigenvalue weighted by molar-refractivity contribution is 0.0697. The van der Waals surface area contributed by atoms with Gasteiger partial charge in [-0.05, 0) is 30.2 Å². The van der Waals surface area contributed by atoms with Crippen LogP contribution >= 0.6 is 0 Å². The van der Waals surface area contributed by atoms with Gasteiger partial charge in [-0.1, -0.05) is 67.3 Å². The molecule has 0 aliphatic carbocycles. The minimum Gasteiger partial charge on any atom is -0.478 e. The van der Waals surface area contributed by atoms with Crippen molar-refractivity contribution in [1.82, 2.24) is 0 Å². The number of carboxylic acid groups (broad SMARTS) is 1. The molecule has 0 bridgehead atoms. The van der Waals surface area contributed by atoms with Crippen molar-refractivity contribution in [3.8, 4) is 0 Å². The van der Waals surface area contributed by atoms with Crippen LogP contribution < -0.4 is 0 Å². The van der Waals surface area contributed by atoms with Gasteiger partial charge in [0.2, 0.25) is 0 Å². The SMILES string of the molecule is C=Cc1ccc(C(=O)O)cc1.C=Cc1ccc(C)cc1. The number of hydrogen-bond donors (Lipinski definition) is 1. The van der Waals surface area contributed by atoms with Crippen LogP contribution in [0.5, 0.6) is 0 Å². The molecular formula is C18H18O2. The molecule has 0 aliphatic rings. The van der Waals surface area contributed by atoms with Crippen molar-refractivity contribution in [2.24, 2.45) is 0 Å². The zero-order valence-electron chi connectivity index (χ0n) is 11.5. The predicted octanol–water partition coefficient (Wildman–Crippen LogP) is 4.67. The molecule has 0 aromatic heterocycles. The molecule has 2 rings (SSSR count). The van der Waals surface area contributed by atoms with Gasteiger partial charge in [0.05, 0.1) is 5.56 Å². The Morgan fingerprint density at radius 3 is 1.65 bits per heavy atom. The molecule has 0 spiro atoms. The highest BCUT2D eigenvalue weighted by Gasteiger charge is 1.99. The Kier molecular flexibility index (Phi) is 5.98. The minimum absolute atomic E-state index is 0.301. The van der Waals surface area contributed by atoms with E-state index in [1.54, 1.807) is 30.3 Å². The van der Waals surface area contributed by atoms with E-state index in [0.717, 1.165) is 5.56 Å². The third kappa shape index (κ3) is 4.94. The number of hydrogen-bond acceptors (Lipinski definition) is 1. The smallest absolute Gasteiger partial charge is 0.335 e. The molecule has 0 unspecified atom stereocenters. The Hall–Kier alpha value is -2.61. The summed E-state index contributed by atoms with van der Waals surface area (Å²) in [6.45, 7) is 9.29. The van der Waals surface area contributed by atoms with E-state index < -0.39 is 5.97 Å². The van der Waals surface area contributed by atoms with Crippen molar-refractivity contribution in [1.29, 1.82) is 0 Å². The molecule has 0 heterocycles. The average Bonchev–Trinajstić information content (AvgIpc) is 2.49. The van der Waals surface area contributed by atoms with Crippen LogP contribution in [0.2, 0.25) is 0 Å². The van der Waals surface area contributed by atoms with Gasteiger partial charge < -0.3 is 5.11 Å². The van der Waals surface area contributed by atoms with Gasteiger partial charge >= 0.3 is 5.97 Å². The number of rotatable bonds is 3. The number of aromatic carboxylic acids is 1. The quantitative estimate of drug-likeness (QED) is 0.876. The third-order valence-electron chi connectivity index (χ3n) is 2.71. The normalized spacial score (nSPS) is 9.05. The van der Waals surface area contributed by atoms with E-state index in [2.05, 4.69) is 44.3 Å². The molecule has 2 aromatic carbocycles. The van der Waals surface area contributed by atoms with Crippen molar-refractivity contribution in [2.75, 3.05) is 0 Å². The molecule has 0 saturated heterocycles. The van der Waals surface area contributed by atoms with Gasteiger partial charge in [0.1, 0.15) is 0 Å². The largest absolute Gasteiger partial charge is 0.478 e. The summed E-state index contributed by atoms with van der Waals surface area (Å²) in [6, 6.07) is 14.8. The van der Waals surface area contributed by atoms with Crippen LogP contribution in [0.25, 0.3) is 12.2 Å². The number of benzene rings is 2. The van der Waals surface area contributed by atoms with Crippen LogP contribution in [0.4, 0.5) is 0 Å². The number of carbonyl (C=O) groups is 1. The summed E-state index contributed by atoms with van der Waals surface area (Å²) in [5, 5.41) is 8.52. The van der Waals surface area contributed by atoms with Crippen LogP contribution in [-0.2, 0) is 0 Å². The fourth-order valence-corrected chi connectivity index (χ4v) is 1.46. The molecule has 0 atom stereocenters. The lowest BCUT2D eigenvalue weighted by Gasteiger charge is -1.93. The summed E-state index contributed by atoms with van der Waals surface area (Å²) in [6.07, 6.45) is 3.52. The van der Waals surface area contributed by atoms with Gasteiger partial charge in [-0.15, -0.1) is 0 Å². The Labute approximate surface area is 119 Å². The fourth-order valence-electron chi connectivity index (χ4n) is 1.46. The highest BCUT2D eigenvalue weighted by atomic mass is 16.4. The van der Waals surface area contributed by atoms with E-state index in [1.807, 2.05) is 6.08 Å². The number of carboxylic acids is 1. The maximum absolute atomic E-state index is 10.4. The van der Waals surface area contributed by atoms with E-state index in [9.17, 15) is 4.79 Å². The average molecular weight is 266 g/mol. The first-order chi connectivity index (χ1) is 9.56. The second-order valence-electron chi connectivity index (χ2n) is 4.25. The van der Waals surface area contributed by atoms with E-state index in [-0.39, 0.29) is 0 Å². The summed E-state index contributed by atoms with van der Waals surface area (Å²) in [5.74, 6) is -0.902. The lowest BCUT2D eigenvalue weighted by atomic mass is 10.1. The Bertz CT molecular complexity index is 578. The van der Waals surface area contributed by atoms with Crippen LogP contribution in [0.3, 0.4) is 0 Å². The van der Waals surface area contributed by atoms with E-state index in [1.165, 1.54) is 11.1 Å². The maximum Gasteiger partial charge on any atom is 0.335 e. The lowest BCUT2D eigenvalue weighted by Crippen LogP contribution is -1.94. The maximum atomic E-state index is 10.4. The van der Waals surface area contributed by atoms with Crippen molar-refractivity contribution in [3.63, 3.8) is 0 Å². The monoisotopic (exact) mass is 266 g/mol. The van der Waals surface area contributed by atoms with Gasteiger partial charge in [-0.25, -0.2) is 4.79 Å². The van der Waals surface area contributed by atoms with Crippen molar-refractivity contribution < 1.29 is 9.90 Å². The van der Waals surface area contributed by atoms with Crippen molar-refractivity contribution in [3.05, 3.63) is 83.9 Å². The standard InChI is InChI=1S/C9H8O2.C9H10/c1-2-7-3-5-8(6-4-7)9(10)11;1-3-9-6-4-8(2)5-7-9/h2-6H,1H2,(H,10,11);3-7H,1H2,2H3. The molecule has 2 aromatic rings. The molecular weight excluding hydrogens is 248 g/mol. The molecule has 0 aliphatic heterocycles. The van der Waals surface area contributed by atoms with Gasteiger partial charge in [-0.3, -0.25) is 0 Å². The Morgan fingerprint density at radius 2 is 1.30 bits per heavy atom. The zero-order valence-corrected chi connectivity index (χ0v) is 11.5. The summed E-state index contributed by atoms with van der Waals surface area (Å²) >= 11 is 0. The molecule has 0 fully saturated rings. The van der Waals surface area contributed by atoms with Crippen LogP contribution in [0.15, 0.2) is 61.7 Å². The van der Waals surface area contributed by atoms with Gasteiger partial charge in [0.25, 0.3) is 0 Å². The van der Waals surface area contributed by atoms with Crippen molar-refractivity contribution in [2.45, 2.75) is 6.92 Å². The van der Waals surface area contributed by atoms with E-state index in [0.29, 0.717) is 5.56 Å². The summed E-state index contributed by atoms with van der Waals surface area (Å²) < 4.78 is 0. The molecule has 0 saturated carbocycles. The molecule has 102 valence electrons. The molecule has 2 nitrogen and oxygen atoms in total.